The molecule has 0 saturated carbocycles. The van der Waals surface area contributed by atoms with Crippen LogP contribution in [0.25, 0.3) is 0 Å². The lowest BCUT2D eigenvalue weighted by atomic mass is 9.96. The molecule has 1 aromatic carbocycles. The lowest BCUT2D eigenvalue weighted by molar-refractivity contribution is -0.142. The van der Waals surface area contributed by atoms with Gasteiger partial charge < -0.3 is 9.84 Å². The fourth-order valence-electron chi connectivity index (χ4n) is 2.04. The van der Waals surface area contributed by atoms with E-state index in [4.69, 9.17) is 4.74 Å². The van der Waals surface area contributed by atoms with E-state index in [1.807, 2.05) is 18.2 Å². The van der Waals surface area contributed by atoms with E-state index in [0.717, 1.165) is 16.9 Å². The van der Waals surface area contributed by atoms with E-state index in [0.29, 0.717) is 0 Å². The van der Waals surface area contributed by atoms with E-state index in [1.165, 1.54) is 0 Å². The molecule has 18 heavy (non-hydrogen) atoms. The number of ether oxygens (including phenoxy) is 1. The molecule has 0 saturated heterocycles. The van der Waals surface area contributed by atoms with E-state index in [-0.39, 0.29) is 5.92 Å². The summed E-state index contributed by atoms with van der Waals surface area (Å²) in [4.78, 5) is 13.0. The van der Waals surface area contributed by atoms with Gasteiger partial charge in [0.05, 0.1) is 7.11 Å². The van der Waals surface area contributed by atoms with Crippen LogP contribution in [0.3, 0.4) is 0 Å². The van der Waals surface area contributed by atoms with Crippen LogP contribution in [0, 0.1) is 0 Å². The number of carboxylic acid groups (broad SMARTS) is 1. The number of carbonyl (C=O) groups is 1. The predicted molar refractivity (Wildman–Crippen MR) is 71.1 cm³/mol. The van der Waals surface area contributed by atoms with Gasteiger partial charge in [-0.05, 0) is 43.3 Å². The predicted octanol–water partition coefficient (Wildman–Crippen LogP) is 2.51. The molecule has 0 spiro atoms. The molecule has 1 unspecified atom stereocenters. The van der Waals surface area contributed by atoms with Gasteiger partial charge in [-0.15, -0.1) is 0 Å². The molecule has 100 valence electrons. The van der Waals surface area contributed by atoms with Crippen LogP contribution in [0.4, 0.5) is 0 Å². The molecular formula is C14H21NO3. The molecule has 0 aliphatic heterocycles. The number of nitrogens with zero attached hydrogens (tertiary/aromatic N) is 1. The first kappa shape index (κ1) is 14.5. The average molecular weight is 251 g/mol. The molecule has 0 aromatic heterocycles. The number of likely N-dealkylation sites (N-methyl/N-ethyl adjacent to an activating group) is 1. The topological polar surface area (TPSA) is 49.8 Å². The van der Waals surface area contributed by atoms with Crippen molar-refractivity contribution >= 4 is 5.97 Å². The van der Waals surface area contributed by atoms with Crippen LogP contribution < -0.4 is 4.74 Å². The number of carboxylic acids is 1. The van der Waals surface area contributed by atoms with Gasteiger partial charge in [-0.1, -0.05) is 19.9 Å². The first-order valence-corrected chi connectivity index (χ1v) is 5.95. The van der Waals surface area contributed by atoms with Crippen LogP contribution in [0.5, 0.6) is 5.75 Å². The first-order valence-electron chi connectivity index (χ1n) is 5.95. The van der Waals surface area contributed by atoms with Crippen molar-refractivity contribution in [3.05, 3.63) is 29.3 Å². The van der Waals surface area contributed by atoms with Gasteiger partial charge in [-0.3, -0.25) is 9.69 Å². The van der Waals surface area contributed by atoms with Crippen molar-refractivity contribution in [3.8, 4) is 5.75 Å². The second-order valence-corrected chi connectivity index (χ2v) is 4.86. The Bertz CT molecular complexity index is 427. The molecule has 0 fully saturated rings. The molecular weight excluding hydrogens is 230 g/mol. The van der Waals surface area contributed by atoms with Crippen molar-refractivity contribution in [1.29, 1.82) is 0 Å². The van der Waals surface area contributed by atoms with E-state index >= 15 is 0 Å². The highest BCUT2D eigenvalue weighted by Gasteiger charge is 2.23. The van der Waals surface area contributed by atoms with Crippen molar-refractivity contribution in [2.75, 3.05) is 21.2 Å². The fourth-order valence-corrected chi connectivity index (χ4v) is 2.04. The van der Waals surface area contributed by atoms with Crippen molar-refractivity contribution in [1.82, 2.24) is 4.90 Å². The quantitative estimate of drug-likeness (QED) is 0.873. The van der Waals surface area contributed by atoms with Crippen LogP contribution in [0.15, 0.2) is 18.2 Å². The lowest BCUT2D eigenvalue weighted by Gasteiger charge is -2.22. The number of benzene rings is 1. The highest BCUT2D eigenvalue weighted by atomic mass is 16.5. The third-order valence-corrected chi connectivity index (χ3v) is 2.94. The van der Waals surface area contributed by atoms with Crippen LogP contribution in [-0.4, -0.2) is 37.2 Å². The Labute approximate surface area is 108 Å². The summed E-state index contributed by atoms with van der Waals surface area (Å²) >= 11 is 0. The monoisotopic (exact) mass is 251 g/mol. The Morgan fingerprint density at radius 2 is 1.94 bits per heavy atom. The average Bonchev–Trinajstić information content (AvgIpc) is 2.27. The first-order chi connectivity index (χ1) is 8.38. The van der Waals surface area contributed by atoms with Crippen LogP contribution in [-0.2, 0) is 4.79 Å². The van der Waals surface area contributed by atoms with Crippen LogP contribution in [0.2, 0.25) is 0 Å². The molecule has 0 heterocycles. The van der Waals surface area contributed by atoms with Gasteiger partial charge >= 0.3 is 5.97 Å². The summed E-state index contributed by atoms with van der Waals surface area (Å²) in [5.41, 5.74) is 1.81. The maximum atomic E-state index is 11.3. The van der Waals surface area contributed by atoms with E-state index < -0.39 is 12.0 Å². The van der Waals surface area contributed by atoms with E-state index in [9.17, 15) is 9.90 Å². The minimum atomic E-state index is -0.847. The molecule has 0 aliphatic carbocycles. The SMILES string of the molecule is COc1ccc(C(C(=O)O)N(C)C)cc1C(C)C. The Morgan fingerprint density at radius 3 is 2.33 bits per heavy atom. The van der Waals surface area contributed by atoms with E-state index in [2.05, 4.69) is 13.8 Å². The highest BCUT2D eigenvalue weighted by molar-refractivity contribution is 5.75. The zero-order valence-corrected chi connectivity index (χ0v) is 11.6. The number of hydrogen-bond donors (Lipinski definition) is 1. The third-order valence-electron chi connectivity index (χ3n) is 2.94. The molecule has 0 radical (unpaired) electrons. The van der Waals surface area contributed by atoms with Gasteiger partial charge in [0.2, 0.25) is 0 Å². The van der Waals surface area contributed by atoms with Gasteiger partial charge in [0.25, 0.3) is 0 Å². The molecule has 1 rings (SSSR count). The van der Waals surface area contributed by atoms with Crippen LogP contribution in [0.1, 0.15) is 36.9 Å². The zero-order valence-electron chi connectivity index (χ0n) is 11.6. The van der Waals surface area contributed by atoms with Crippen molar-refractivity contribution in [3.63, 3.8) is 0 Å². The molecule has 0 bridgehead atoms. The summed E-state index contributed by atoms with van der Waals surface area (Å²) in [5, 5.41) is 9.28. The zero-order chi connectivity index (χ0) is 13.9. The summed E-state index contributed by atoms with van der Waals surface area (Å²) in [6.45, 7) is 4.13. The minimum absolute atomic E-state index is 0.288. The molecule has 1 N–H and O–H groups in total. The third kappa shape index (κ3) is 3.01. The van der Waals surface area contributed by atoms with Crippen LogP contribution >= 0.6 is 0 Å². The maximum absolute atomic E-state index is 11.3. The number of aliphatic carboxylic acids is 1. The van der Waals surface area contributed by atoms with Crippen molar-refractivity contribution in [2.45, 2.75) is 25.8 Å². The number of rotatable bonds is 5. The van der Waals surface area contributed by atoms with E-state index in [1.54, 1.807) is 26.1 Å². The lowest BCUT2D eigenvalue weighted by Crippen LogP contribution is -2.27. The Kier molecular flexibility index (Phi) is 4.73. The molecule has 0 aliphatic rings. The number of methoxy groups -OCH3 is 1. The normalized spacial score (nSPS) is 12.8. The minimum Gasteiger partial charge on any atom is -0.496 e. The Morgan fingerprint density at radius 1 is 1.33 bits per heavy atom. The fraction of sp³-hybridized carbons (Fsp3) is 0.500. The summed E-state index contributed by atoms with van der Waals surface area (Å²) in [6.07, 6.45) is 0. The van der Waals surface area contributed by atoms with Gasteiger partial charge in [0, 0.05) is 0 Å². The summed E-state index contributed by atoms with van der Waals surface area (Å²) < 4.78 is 5.30. The number of hydrogen-bond acceptors (Lipinski definition) is 3. The standard InChI is InChI=1S/C14H21NO3/c1-9(2)11-8-10(6-7-12(11)18-5)13(14(16)17)15(3)4/h6-9,13H,1-5H3,(H,16,17). The second-order valence-electron chi connectivity index (χ2n) is 4.86. The molecule has 4 heteroatoms. The second kappa shape index (κ2) is 5.87. The summed E-state index contributed by atoms with van der Waals surface area (Å²) in [7, 11) is 5.15. The Balaban J connectivity index is 3.25. The summed E-state index contributed by atoms with van der Waals surface area (Å²) in [5.74, 6) is 0.244. The molecule has 1 atom stereocenters. The maximum Gasteiger partial charge on any atom is 0.325 e. The smallest absolute Gasteiger partial charge is 0.325 e. The largest absolute Gasteiger partial charge is 0.496 e. The molecule has 4 nitrogen and oxygen atoms in total. The molecule has 0 amide bonds. The Hall–Kier alpha value is -1.55. The van der Waals surface area contributed by atoms with Gasteiger partial charge in [0.1, 0.15) is 11.8 Å². The summed E-state index contributed by atoms with van der Waals surface area (Å²) in [6, 6.07) is 4.93. The van der Waals surface area contributed by atoms with Gasteiger partial charge in [0.15, 0.2) is 0 Å². The highest BCUT2D eigenvalue weighted by Crippen LogP contribution is 2.30. The van der Waals surface area contributed by atoms with Crippen molar-refractivity contribution < 1.29 is 14.6 Å². The van der Waals surface area contributed by atoms with Gasteiger partial charge in [-0.2, -0.15) is 0 Å². The van der Waals surface area contributed by atoms with Crippen molar-refractivity contribution in [2.24, 2.45) is 0 Å². The van der Waals surface area contributed by atoms with Gasteiger partial charge in [-0.25, -0.2) is 0 Å². The molecule has 1 aromatic rings.